The first-order chi connectivity index (χ1) is 16.5. The van der Waals surface area contributed by atoms with Gasteiger partial charge in [0.05, 0.1) is 19.4 Å². The van der Waals surface area contributed by atoms with Gasteiger partial charge < -0.3 is 14.8 Å². The zero-order chi connectivity index (χ0) is 23.8. The monoisotopic (exact) mass is 461 g/mol. The number of amides is 1. The standard InChI is InChI=1S/C24H27N7O3/c1-5-6-12-34-23-16(8-7-9-18(23)33-4)17-13-21(32)25-24-22(17)14(2)28-31(24)20-11-10-19-27-26-15(3)30(19)29-20/h7-11,17H,5-6,12-13H2,1-4H3,(H,25,32)/t17-/m0/s1. The summed E-state index contributed by atoms with van der Waals surface area (Å²) in [5.41, 5.74) is 3.30. The average molecular weight is 462 g/mol. The lowest BCUT2D eigenvalue weighted by Crippen LogP contribution is -2.25. The second-order valence-corrected chi connectivity index (χ2v) is 8.35. The summed E-state index contributed by atoms with van der Waals surface area (Å²) in [6.45, 7) is 6.48. The molecule has 1 aromatic carbocycles. The molecule has 1 N–H and O–H groups in total. The normalized spacial score (nSPS) is 15.3. The number of hydrogen-bond donors (Lipinski definition) is 1. The first kappa shape index (κ1) is 21.9. The quantitative estimate of drug-likeness (QED) is 0.419. The molecular formula is C24H27N7O3. The van der Waals surface area contributed by atoms with Crippen LogP contribution in [0.5, 0.6) is 11.5 Å². The van der Waals surface area contributed by atoms with Crippen LogP contribution >= 0.6 is 0 Å². The molecule has 0 spiro atoms. The molecule has 0 radical (unpaired) electrons. The minimum atomic E-state index is -0.232. The fourth-order valence-electron chi connectivity index (χ4n) is 4.42. The predicted molar refractivity (Wildman–Crippen MR) is 126 cm³/mol. The number of unbranched alkanes of at least 4 members (excludes halogenated alkanes) is 1. The average Bonchev–Trinajstić information content (AvgIpc) is 3.38. The second-order valence-electron chi connectivity index (χ2n) is 8.35. The van der Waals surface area contributed by atoms with Crippen LogP contribution in [0.25, 0.3) is 11.5 Å². The molecule has 3 aromatic heterocycles. The van der Waals surface area contributed by atoms with Crippen LogP contribution in [-0.4, -0.2) is 49.2 Å². The number of benzene rings is 1. The van der Waals surface area contributed by atoms with Gasteiger partial charge in [-0.3, -0.25) is 4.79 Å². The van der Waals surface area contributed by atoms with Crippen LogP contribution in [0, 0.1) is 13.8 Å². The third kappa shape index (κ3) is 3.64. The molecule has 10 nitrogen and oxygen atoms in total. The Hall–Kier alpha value is -3.95. The van der Waals surface area contributed by atoms with Gasteiger partial charge in [0.25, 0.3) is 0 Å². The Labute approximate surface area is 196 Å². The van der Waals surface area contributed by atoms with E-state index in [1.165, 1.54) is 0 Å². The number of fused-ring (bicyclic) bond motifs is 2. The van der Waals surface area contributed by atoms with Crippen LogP contribution in [-0.2, 0) is 4.79 Å². The van der Waals surface area contributed by atoms with Gasteiger partial charge in [-0.05, 0) is 38.5 Å². The van der Waals surface area contributed by atoms with Gasteiger partial charge in [-0.25, -0.2) is 0 Å². The molecule has 4 heterocycles. The summed E-state index contributed by atoms with van der Waals surface area (Å²) < 4.78 is 15.1. The molecule has 0 fully saturated rings. The van der Waals surface area contributed by atoms with E-state index in [1.54, 1.807) is 16.3 Å². The molecule has 0 saturated carbocycles. The van der Waals surface area contributed by atoms with Crippen molar-refractivity contribution < 1.29 is 14.3 Å². The Bertz CT molecular complexity index is 1370. The van der Waals surface area contributed by atoms with Crippen molar-refractivity contribution in [2.24, 2.45) is 0 Å². The lowest BCUT2D eigenvalue weighted by Gasteiger charge is -2.26. The van der Waals surface area contributed by atoms with Crippen LogP contribution in [0.15, 0.2) is 30.3 Å². The Morgan fingerprint density at radius 3 is 2.79 bits per heavy atom. The number of carbonyl (C=O) groups excluding carboxylic acids is 1. The van der Waals surface area contributed by atoms with Gasteiger partial charge in [-0.15, -0.1) is 15.3 Å². The first-order valence-electron chi connectivity index (χ1n) is 11.4. The smallest absolute Gasteiger partial charge is 0.226 e. The minimum absolute atomic E-state index is 0.0949. The van der Waals surface area contributed by atoms with Gasteiger partial charge in [0.2, 0.25) is 5.91 Å². The van der Waals surface area contributed by atoms with Gasteiger partial charge >= 0.3 is 0 Å². The van der Waals surface area contributed by atoms with Gasteiger partial charge in [0.1, 0.15) is 5.82 Å². The van der Waals surface area contributed by atoms with Gasteiger partial charge in [-0.2, -0.15) is 14.3 Å². The molecule has 1 amide bonds. The number of nitrogens with one attached hydrogen (secondary N) is 1. The molecule has 0 unspecified atom stereocenters. The number of rotatable bonds is 7. The molecule has 0 saturated heterocycles. The summed E-state index contributed by atoms with van der Waals surface area (Å²) >= 11 is 0. The fourth-order valence-corrected chi connectivity index (χ4v) is 4.42. The first-order valence-corrected chi connectivity index (χ1v) is 11.4. The van der Waals surface area contributed by atoms with Crippen LogP contribution in [0.2, 0.25) is 0 Å². The number of aryl methyl sites for hydroxylation is 2. The van der Waals surface area contributed by atoms with E-state index in [0.717, 1.165) is 29.7 Å². The fraction of sp³-hybridized carbons (Fsp3) is 0.375. The van der Waals surface area contributed by atoms with E-state index in [1.807, 2.05) is 44.2 Å². The molecule has 10 heteroatoms. The molecule has 5 rings (SSSR count). The molecule has 0 bridgehead atoms. The largest absolute Gasteiger partial charge is 0.493 e. The number of carbonyl (C=O) groups is 1. The van der Waals surface area contributed by atoms with E-state index < -0.39 is 0 Å². The van der Waals surface area contributed by atoms with Crippen molar-refractivity contribution >= 4 is 17.4 Å². The zero-order valence-electron chi connectivity index (χ0n) is 19.7. The van der Waals surface area contributed by atoms with Crippen molar-refractivity contribution in [2.45, 2.75) is 46.0 Å². The summed E-state index contributed by atoms with van der Waals surface area (Å²) in [6.07, 6.45) is 2.24. The van der Waals surface area contributed by atoms with Crippen molar-refractivity contribution in [1.29, 1.82) is 0 Å². The van der Waals surface area contributed by atoms with Crippen molar-refractivity contribution in [3.05, 3.63) is 53.0 Å². The van der Waals surface area contributed by atoms with E-state index in [9.17, 15) is 4.79 Å². The van der Waals surface area contributed by atoms with Crippen molar-refractivity contribution in [2.75, 3.05) is 19.0 Å². The maximum atomic E-state index is 12.9. The number of aromatic nitrogens is 6. The lowest BCUT2D eigenvalue weighted by molar-refractivity contribution is -0.116. The van der Waals surface area contributed by atoms with E-state index in [2.05, 4.69) is 27.5 Å². The van der Waals surface area contributed by atoms with E-state index in [0.29, 0.717) is 41.2 Å². The van der Waals surface area contributed by atoms with E-state index >= 15 is 0 Å². The molecule has 1 atom stereocenters. The summed E-state index contributed by atoms with van der Waals surface area (Å²) in [5.74, 6) is 2.84. The van der Waals surface area contributed by atoms with Crippen LogP contribution in [0.1, 0.15) is 54.7 Å². The second kappa shape index (κ2) is 8.77. The van der Waals surface area contributed by atoms with Gasteiger partial charge in [0.15, 0.2) is 28.8 Å². The number of para-hydroxylation sites is 1. The zero-order valence-corrected chi connectivity index (χ0v) is 19.7. The maximum Gasteiger partial charge on any atom is 0.226 e. The third-order valence-electron chi connectivity index (χ3n) is 6.07. The Balaban J connectivity index is 1.63. The summed E-state index contributed by atoms with van der Waals surface area (Å²) in [4.78, 5) is 12.9. The molecule has 1 aliphatic rings. The molecule has 34 heavy (non-hydrogen) atoms. The third-order valence-corrected chi connectivity index (χ3v) is 6.07. The van der Waals surface area contributed by atoms with E-state index in [4.69, 9.17) is 14.6 Å². The number of ether oxygens (including phenoxy) is 2. The number of nitrogens with zero attached hydrogens (tertiary/aromatic N) is 6. The van der Waals surface area contributed by atoms with Crippen molar-refractivity contribution in [1.82, 2.24) is 29.6 Å². The molecule has 0 aliphatic carbocycles. The highest BCUT2D eigenvalue weighted by Gasteiger charge is 2.35. The minimum Gasteiger partial charge on any atom is -0.493 e. The van der Waals surface area contributed by atoms with Crippen LogP contribution in [0.4, 0.5) is 5.82 Å². The Kier molecular flexibility index (Phi) is 5.64. The Morgan fingerprint density at radius 1 is 1.15 bits per heavy atom. The Morgan fingerprint density at radius 2 is 2.00 bits per heavy atom. The molecule has 176 valence electrons. The van der Waals surface area contributed by atoms with Gasteiger partial charge in [-0.1, -0.05) is 25.5 Å². The number of anilines is 1. The summed E-state index contributed by atoms with van der Waals surface area (Å²) in [6, 6.07) is 9.45. The summed E-state index contributed by atoms with van der Waals surface area (Å²) in [7, 11) is 1.63. The van der Waals surface area contributed by atoms with Crippen molar-refractivity contribution in [3.63, 3.8) is 0 Å². The highest BCUT2D eigenvalue weighted by Crippen LogP contribution is 2.45. The highest BCUT2D eigenvalue weighted by atomic mass is 16.5. The SMILES string of the molecule is CCCCOc1c(OC)cccc1[C@@H]1CC(=O)Nc2c1c(C)nn2-c1ccc2nnc(C)n2n1. The van der Waals surface area contributed by atoms with Crippen LogP contribution < -0.4 is 14.8 Å². The number of hydrogen-bond acceptors (Lipinski definition) is 7. The molecular weight excluding hydrogens is 434 g/mol. The topological polar surface area (TPSA) is 108 Å². The van der Waals surface area contributed by atoms with Crippen molar-refractivity contribution in [3.8, 4) is 17.3 Å². The number of methoxy groups -OCH3 is 1. The lowest BCUT2D eigenvalue weighted by atomic mass is 9.85. The van der Waals surface area contributed by atoms with E-state index in [-0.39, 0.29) is 18.2 Å². The summed E-state index contributed by atoms with van der Waals surface area (Å²) in [5, 5.41) is 20.6. The predicted octanol–water partition coefficient (Wildman–Crippen LogP) is 3.59. The molecule has 1 aliphatic heterocycles. The van der Waals surface area contributed by atoms with Gasteiger partial charge in [0, 0.05) is 23.5 Å². The van der Waals surface area contributed by atoms with Crippen LogP contribution in [0.3, 0.4) is 0 Å². The highest BCUT2D eigenvalue weighted by molar-refractivity contribution is 5.95. The molecule has 4 aromatic rings. The maximum absolute atomic E-state index is 12.9.